The smallest absolute Gasteiger partial charge is 0.179 e. The summed E-state index contributed by atoms with van der Waals surface area (Å²) in [5.74, 6) is 5.71. The number of phenolic OH excluding ortho intramolecular Hbond substituents is 1. The average Bonchev–Trinajstić information content (AvgIpc) is 2.28. The first-order chi connectivity index (χ1) is 7.65. The molecule has 0 spiro atoms. The van der Waals surface area contributed by atoms with Gasteiger partial charge < -0.3 is 19.4 Å². The Kier molecular flexibility index (Phi) is 4.67. The quantitative estimate of drug-likeness (QED) is 0.772. The molecule has 0 aliphatic carbocycles. The molecule has 0 aromatic heterocycles. The van der Waals surface area contributed by atoms with E-state index in [-0.39, 0.29) is 12.4 Å². The number of halogens is 1. The molecular weight excluding hydrogens is 234 g/mol. The Labute approximate surface area is 98.6 Å². The first-order valence-corrected chi connectivity index (χ1v) is 4.97. The minimum Gasteiger partial charge on any atom is -0.507 e. The molecule has 0 fully saturated rings. The fourth-order valence-electron chi connectivity index (χ4n) is 1.38. The fourth-order valence-corrected chi connectivity index (χ4v) is 1.74. The van der Waals surface area contributed by atoms with Crippen molar-refractivity contribution in [3.8, 4) is 17.2 Å². The van der Waals surface area contributed by atoms with Gasteiger partial charge in [0.15, 0.2) is 11.5 Å². The van der Waals surface area contributed by atoms with Crippen LogP contribution in [0.1, 0.15) is 5.56 Å². The lowest BCUT2D eigenvalue weighted by molar-refractivity contribution is 0.140. The average molecular weight is 248 g/mol. The second-order valence-electron chi connectivity index (χ2n) is 3.04. The highest BCUT2D eigenvalue weighted by atomic mass is 35.5. The molecule has 0 amide bonds. The van der Waals surface area contributed by atoms with Crippen LogP contribution in [0.5, 0.6) is 17.2 Å². The van der Waals surface area contributed by atoms with Crippen LogP contribution in [0.4, 0.5) is 0 Å². The predicted octanol–water partition coefficient (Wildman–Crippen LogP) is 1.50. The number of aromatic hydroxyl groups is 1. The molecule has 90 valence electrons. The maximum absolute atomic E-state index is 9.73. The fraction of sp³-hybridized carbons (Fsp3) is 0.400. The van der Waals surface area contributed by atoms with Crippen LogP contribution in [0.3, 0.4) is 0 Å². The molecular formula is C10H14ClNO4. The Morgan fingerprint density at radius 2 is 2.06 bits per heavy atom. The number of hydrogen-bond donors (Lipinski definition) is 2. The molecule has 5 nitrogen and oxygen atoms in total. The van der Waals surface area contributed by atoms with Crippen LogP contribution < -0.4 is 15.4 Å². The summed E-state index contributed by atoms with van der Waals surface area (Å²) in [7, 11) is 2.94. The maximum atomic E-state index is 9.73. The van der Waals surface area contributed by atoms with E-state index >= 15 is 0 Å². The summed E-state index contributed by atoms with van der Waals surface area (Å²) >= 11 is 6.07. The largest absolute Gasteiger partial charge is 0.507 e. The first-order valence-electron chi connectivity index (χ1n) is 4.59. The van der Waals surface area contributed by atoms with E-state index in [0.29, 0.717) is 28.5 Å². The van der Waals surface area contributed by atoms with Crippen LogP contribution >= 0.6 is 11.6 Å². The van der Waals surface area contributed by atoms with E-state index in [1.54, 1.807) is 0 Å². The lowest BCUT2D eigenvalue weighted by Gasteiger charge is -2.14. The highest BCUT2D eigenvalue weighted by Crippen LogP contribution is 2.42. The topological polar surface area (TPSA) is 73.9 Å². The molecule has 0 aliphatic rings. The molecule has 0 bridgehead atoms. The predicted molar refractivity (Wildman–Crippen MR) is 60.1 cm³/mol. The Morgan fingerprint density at radius 1 is 1.38 bits per heavy atom. The number of rotatable bonds is 5. The molecule has 1 rings (SSSR count). The summed E-state index contributed by atoms with van der Waals surface area (Å²) in [4.78, 5) is 4.44. The lowest BCUT2D eigenvalue weighted by atomic mass is 10.1. The van der Waals surface area contributed by atoms with Gasteiger partial charge >= 0.3 is 0 Å². The van der Waals surface area contributed by atoms with Crippen molar-refractivity contribution in [2.45, 2.75) is 6.42 Å². The minimum atomic E-state index is 0.0275. The van der Waals surface area contributed by atoms with Crippen molar-refractivity contribution in [2.24, 2.45) is 5.90 Å². The molecule has 3 N–H and O–H groups in total. The van der Waals surface area contributed by atoms with Gasteiger partial charge in [-0.05, 0) is 0 Å². The summed E-state index contributed by atoms with van der Waals surface area (Å²) in [6, 6.07) is 1.44. The highest BCUT2D eigenvalue weighted by Gasteiger charge is 2.17. The van der Waals surface area contributed by atoms with Gasteiger partial charge in [0, 0.05) is 18.1 Å². The van der Waals surface area contributed by atoms with Gasteiger partial charge in [0.1, 0.15) is 5.75 Å². The molecule has 0 radical (unpaired) electrons. The van der Waals surface area contributed by atoms with Gasteiger partial charge in [-0.2, -0.15) is 0 Å². The third-order valence-electron chi connectivity index (χ3n) is 2.16. The number of nitrogens with two attached hydrogens (primary N) is 1. The van der Waals surface area contributed by atoms with E-state index in [2.05, 4.69) is 4.84 Å². The van der Waals surface area contributed by atoms with Gasteiger partial charge in [-0.15, -0.1) is 0 Å². The molecule has 0 aliphatic heterocycles. The van der Waals surface area contributed by atoms with Crippen LogP contribution in [-0.2, 0) is 11.3 Å². The van der Waals surface area contributed by atoms with Gasteiger partial charge in [0.25, 0.3) is 0 Å². The summed E-state index contributed by atoms with van der Waals surface area (Å²) < 4.78 is 10.1. The Hall–Kier alpha value is -1.17. The monoisotopic (exact) mass is 247 g/mol. The van der Waals surface area contributed by atoms with E-state index in [9.17, 15) is 5.11 Å². The minimum absolute atomic E-state index is 0.0275. The molecule has 6 heteroatoms. The maximum Gasteiger partial charge on any atom is 0.179 e. The van der Waals surface area contributed by atoms with E-state index in [4.69, 9.17) is 27.0 Å². The Balaban J connectivity index is 3.18. The normalized spacial score (nSPS) is 10.2. The molecule has 16 heavy (non-hydrogen) atoms. The molecule has 1 aromatic carbocycles. The third-order valence-corrected chi connectivity index (χ3v) is 2.56. The highest BCUT2D eigenvalue weighted by molar-refractivity contribution is 6.33. The van der Waals surface area contributed by atoms with Crippen molar-refractivity contribution in [3.63, 3.8) is 0 Å². The number of hydrogen-bond acceptors (Lipinski definition) is 5. The molecule has 0 heterocycles. The molecule has 0 saturated carbocycles. The summed E-state index contributed by atoms with van der Waals surface area (Å²) in [5.41, 5.74) is 0.518. The second-order valence-corrected chi connectivity index (χ2v) is 3.42. The zero-order valence-electron chi connectivity index (χ0n) is 9.12. The molecule has 0 atom stereocenters. The van der Waals surface area contributed by atoms with Crippen molar-refractivity contribution in [1.82, 2.24) is 0 Å². The van der Waals surface area contributed by atoms with E-state index in [1.165, 1.54) is 20.3 Å². The standard InChI is InChI=1S/C10H14ClNO4/c1-14-8-5-7(13)6(3-4-16-12)9(11)10(8)15-2/h5,13H,3-4,12H2,1-2H3. The number of ether oxygens (including phenoxy) is 2. The number of benzene rings is 1. The van der Waals surface area contributed by atoms with Crippen LogP contribution in [0.15, 0.2) is 6.07 Å². The first kappa shape index (κ1) is 12.9. The van der Waals surface area contributed by atoms with Crippen LogP contribution in [0.25, 0.3) is 0 Å². The van der Waals surface area contributed by atoms with E-state index in [1.807, 2.05) is 0 Å². The van der Waals surface area contributed by atoms with Gasteiger partial charge in [-0.3, -0.25) is 0 Å². The zero-order valence-corrected chi connectivity index (χ0v) is 9.87. The van der Waals surface area contributed by atoms with Crippen molar-refractivity contribution < 1.29 is 19.4 Å². The van der Waals surface area contributed by atoms with Crippen LogP contribution in [0, 0.1) is 0 Å². The Morgan fingerprint density at radius 3 is 2.56 bits per heavy atom. The number of methoxy groups -OCH3 is 2. The number of phenols is 1. The van der Waals surface area contributed by atoms with Gasteiger partial charge in [0.05, 0.1) is 25.8 Å². The van der Waals surface area contributed by atoms with Crippen molar-refractivity contribution in [2.75, 3.05) is 20.8 Å². The summed E-state index contributed by atoms with van der Waals surface area (Å²) in [6.07, 6.45) is 0.390. The van der Waals surface area contributed by atoms with Crippen molar-refractivity contribution in [1.29, 1.82) is 0 Å². The zero-order chi connectivity index (χ0) is 12.1. The van der Waals surface area contributed by atoms with Gasteiger partial charge in [-0.1, -0.05) is 11.6 Å². The van der Waals surface area contributed by atoms with Gasteiger partial charge in [-0.25, -0.2) is 5.90 Å². The molecule has 0 saturated heterocycles. The SMILES string of the molecule is COc1cc(O)c(CCON)c(Cl)c1OC. The molecule has 1 aromatic rings. The van der Waals surface area contributed by atoms with Gasteiger partial charge in [0.2, 0.25) is 0 Å². The van der Waals surface area contributed by atoms with E-state index in [0.717, 1.165) is 0 Å². The van der Waals surface area contributed by atoms with Crippen molar-refractivity contribution in [3.05, 3.63) is 16.7 Å². The third kappa shape index (κ3) is 2.49. The Bertz CT molecular complexity index is 370. The molecule has 0 unspecified atom stereocenters. The lowest BCUT2D eigenvalue weighted by Crippen LogP contribution is -2.05. The summed E-state index contributed by atoms with van der Waals surface area (Å²) in [5, 5.41) is 10.0. The van der Waals surface area contributed by atoms with Crippen LogP contribution in [0.2, 0.25) is 5.02 Å². The van der Waals surface area contributed by atoms with Crippen molar-refractivity contribution >= 4 is 11.6 Å². The van der Waals surface area contributed by atoms with E-state index < -0.39 is 0 Å². The summed E-state index contributed by atoms with van der Waals surface area (Å²) in [6.45, 7) is 0.253. The second kappa shape index (κ2) is 5.79. The van der Waals surface area contributed by atoms with Crippen LogP contribution in [-0.4, -0.2) is 25.9 Å².